The Balaban J connectivity index is 1.29. The first kappa shape index (κ1) is 22.5. The first-order valence-electron chi connectivity index (χ1n) is 10.6. The number of ether oxygens (including phenoxy) is 2. The van der Waals surface area contributed by atoms with Gasteiger partial charge in [-0.25, -0.2) is 13.1 Å². The Morgan fingerprint density at radius 2 is 1.78 bits per heavy atom. The Morgan fingerprint density at radius 3 is 2.56 bits per heavy atom. The lowest BCUT2D eigenvalue weighted by Crippen LogP contribution is -2.38. The van der Waals surface area contributed by atoms with Gasteiger partial charge in [0.2, 0.25) is 10.0 Å². The topological polar surface area (TPSA) is 97.0 Å². The number of fused-ring (bicyclic) bond motifs is 1. The highest BCUT2D eigenvalue weighted by atomic mass is 32.2. The second kappa shape index (κ2) is 10.3. The van der Waals surface area contributed by atoms with Crippen LogP contribution in [0, 0.1) is 0 Å². The third kappa shape index (κ3) is 5.74. The first-order valence-corrected chi connectivity index (χ1v) is 12.1. The summed E-state index contributed by atoms with van der Waals surface area (Å²) >= 11 is 0. The van der Waals surface area contributed by atoms with E-state index in [0.717, 1.165) is 50.6 Å². The van der Waals surface area contributed by atoms with Crippen molar-refractivity contribution in [2.75, 3.05) is 51.3 Å². The number of nitrogens with one attached hydrogen (secondary N) is 2. The van der Waals surface area contributed by atoms with E-state index in [0.29, 0.717) is 17.8 Å². The maximum absolute atomic E-state index is 12.6. The molecule has 9 heteroatoms. The van der Waals surface area contributed by atoms with Crippen LogP contribution >= 0.6 is 0 Å². The minimum atomic E-state index is -3.60. The summed E-state index contributed by atoms with van der Waals surface area (Å²) in [7, 11) is -3.60. The number of hydrogen-bond acceptors (Lipinski definition) is 6. The Morgan fingerprint density at radius 1 is 1.03 bits per heavy atom. The van der Waals surface area contributed by atoms with Crippen LogP contribution in [0.4, 0.5) is 5.69 Å². The number of amides is 1. The van der Waals surface area contributed by atoms with Crippen molar-refractivity contribution in [2.45, 2.75) is 11.3 Å². The standard InChI is InChI=1S/C23H27N3O5S/c27-23(19-16-18-4-1-2-5-22(18)31-17-19)25-20-6-8-21(9-7-20)32(28,29)24-10-3-11-26-12-14-30-15-13-26/h1-2,4-9,16,24H,3,10-15,17H2,(H,25,27). The normalized spacial score (nSPS) is 16.6. The molecule has 2 aromatic rings. The van der Waals surface area contributed by atoms with E-state index in [9.17, 15) is 13.2 Å². The van der Waals surface area contributed by atoms with Gasteiger partial charge in [0, 0.05) is 30.9 Å². The van der Waals surface area contributed by atoms with Crippen LogP contribution < -0.4 is 14.8 Å². The number of sulfonamides is 1. The predicted molar refractivity (Wildman–Crippen MR) is 122 cm³/mol. The van der Waals surface area contributed by atoms with Crippen LogP contribution in [-0.4, -0.2) is 65.2 Å². The van der Waals surface area contributed by atoms with Crippen molar-refractivity contribution >= 4 is 27.7 Å². The van der Waals surface area contributed by atoms with Crippen LogP contribution in [0.25, 0.3) is 6.08 Å². The highest BCUT2D eigenvalue weighted by Crippen LogP contribution is 2.26. The molecule has 0 unspecified atom stereocenters. The number of rotatable bonds is 8. The molecule has 2 N–H and O–H groups in total. The van der Waals surface area contributed by atoms with E-state index in [1.54, 1.807) is 18.2 Å². The van der Waals surface area contributed by atoms with Crippen molar-refractivity contribution in [1.29, 1.82) is 0 Å². The van der Waals surface area contributed by atoms with Crippen LogP contribution in [0.3, 0.4) is 0 Å². The first-order chi connectivity index (χ1) is 15.5. The van der Waals surface area contributed by atoms with Gasteiger partial charge in [-0.2, -0.15) is 0 Å². The van der Waals surface area contributed by atoms with E-state index < -0.39 is 10.0 Å². The van der Waals surface area contributed by atoms with Crippen LogP contribution in [0.1, 0.15) is 12.0 Å². The molecule has 1 fully saturated rings. The van der Waals surface area contributed by atoms with Crippen LogP contribution in [0.15, 0.2) is 59.0 Å². The van der Waals surface area contributed by atoms with Crippen molar-refractivity contribution < 1.29 is 22.7 Å². The van der Waals surface area contributed by atoms with Gasteiger partial charge in [-0.3, -0.25) is 9.69 Å². The summed E-state index contributed by atoms with van der Waals surface area (Å²) in [4.78, 5) is 15.0. The highest BCUT2D eigenvalue weighted by molar-refractivity contribution is 7.89. The summed E-state index contributed by atoms with van der Waals surface area (Å²) in [6.45, 7) is 4.61. The van der Waals surface area contributed by atoms with E-state index in [4.69, 9.17) is 9.47 Å². The number of nitrogens with zero attached hydrogens (tertiary/aromatic N) is 1. The fourth-order valence-electron chi connectivity index (χ4n) is 3.59. The fourth-order valence-corrected chi connectivity index (χ4v) is 4.67. The molecule has 0 spiro atoms. The van der Waals surface area contributed by atoms with Gasteiger partial charge in [0.05, 0.1) is 23.7 Å². The molecular formula is C23H27N3O5S. The molecule has 0 radical (unpaired) electrons. The number of anilines is 1. The lowest BCUT2D eigenvalue weighted by molar-refractivity contribution is -0.113. The van der Waals surface area contributed by atoms with Gasteiger partial charge < -0.3 is 14.8 Å². The van der Waals surface area contributed by atoms with E-state index in [1.165, 1.54) is 12.1 Å². The van der Waals surface area contributed by atoms with Gasteiger partial charge in [-0.1, -0.05) is 18.2 Å². The highest BCUT2D eigenvalue weighted by Gasteiger charge is 2.18. The monoisotopic (exact) mass is 457 g/mol. The maximum Gasteiger partial charge on any atom is 0.255 e. The third-order valence-corrected chi connectivity index (χ3v) is 6.87. The van der Waals surface area contributed by atoms with Gasteiger partial charge in [-0.15, -0.1) is 0 Å². The zero-order chi connectivity index (χ0) is 22.4. The van der Waals surface area contributed by atoms with Gasteiger partial charge in [0.25, 0.3) is 5.91 Å². The van der Waals surface area contributed by atoms with Gasteiger partial charge in [-0.05, 0) is 49.4 Å². The Labute approximate surface area is 188 Å². The zero-order valence-electron chi connectivity index (χ0n) is 17.7. The number of morpholine rings is 1. The lowest BCUT2D eigenvalue weighted by atomic mass is 10.1. The molecular weight excluding hydrogens is 430 g/mol. The van der Waals surface area contributed by atoms with Crippen molar-refractivity contribution in [3.8, 4) is 5.75 Å². The van der Waals surface area contributed by atoms with Crippen molar-refractivity contribution in [1.82, 2.24) is 9.62 Å². The summed E-state index contributed by atoms with van der Waals surface area (Å²) in [6.07, 6.45) is 2.53. The van der Waals surface area contributed by atoms with E-state index in [2.05, 4.69) is 14.9 Å². The van der Waals surface area contributed by atoms with Crippen LogP contribution in [0.2, 0.25) is 0 Å². The molecule has 2 aromatic carbocycles. The van der Waals surface area contributed by atoms with E-state index in [1.807, 2.05) is 24.3 Å². The van der Waals surface area contributed by atoms with Gasteiger partial charge in [0.1, 0.15) is 12.4 Å². The van der Waals surface area contributed by atoms with Crippen molar-refractivity contribution in [3.05, 3.63) is 59.7 Å². The zero-order valence-corrected chi connectivity index (χ0v) is 18.6. The molecule has 2 heterocycles. The van der Waals surface area contributed by atoms with Gasteiger partial charge in [0.15, 0.2) is 0 Å². The molecule has 4 rings (SSSR count). The quantitative estimate of drug-likeness (QED) is 0.590. The second-order valence-corrected chi connectivity index (χ2v) is 9.45. The summed E-state index contributed by atoms with van der Waals surface area (Å²) in [5.74, 6) is 0.465. The van der Waals surface area contributed by atoms with Crippen LogP contribution in [0.5, 0.6) is 5.75 Å². The van der Waals surface area contributed by atoms with Crippen LogP contribution in [-0.2, 0) is 19.6 Å². The SMILES string of the molecule is O=C(Nc1ccc(S(=O)(=O)NCCCN2CCOCC2)cc1)C1=Cc2ccccc2OC1. The molecule has 8 nitrogen and oxygen atoms in total. The summed E-state index contributed by atoms with van der Waals surface area (Å²) in [5, 5.41) is 2.79. The fraction of sp³-hybridized carbons (Fsp3) is 0.348. The Kier molecular flexibility index (Phi) is 7.21. The number of carbonyl (C=O) groups excluding carboxylic acids is 1. The Bertz CT molecular complexity index is 1080. The maximum atomic E-state index is 12.6. The van der Waals surface area contributed by atoms with Gasteiger partial charge >= 0.3 is 0 Å². The molecule has 32 heavy (non-hydrogen) atoms. The number of carbonyl (C=O) groups is 1. The molecule has 0 aliphatic carbocycles. The molecule has 2 aliphatic rings. The molecule has 0 atom stereocenters. The molecule has 1 saturated heterocycles. The minimum absolute atomic E-state index is 0.163. The molecule has 0 saturated carbocycles. The van der Waals surface area contributed by atoms with Crippen molar-refractivity contribution in [3.63, 3.8) is 0 Å². The second-order valence-electron chi connectivity index (χ2n) is 7.68. The van der Waals surface area contributed by atoms with E-state index in [-0.39, 0.29) is 17.4 Å². The Hall–Kier alpha value is -2.72. The third-order valence-electron chi connectivity index (χ3n) is 5.39. The number of benzene rings is 2. The smallest absolute Gasteiger partial charge is 0.255 e. The largest absolute Gasteiger partial charge is 0.488 e. The average molecular weight is 458 g/mol. The number of hydrogen-bond donors (Lipinski definition) is 2. The predicted octanol–water partition coefficient (Wildman–Crippen LogP) is 2.10. The molecule has 2 aliphatic heterocycles. The minimum Gasteiger partial charge on any atom is -0.488 e. The molecule has 0 aromatic heterocycles. The summed E-state index contributed by atoms with van der Waals surface area (Å²) in [6, 6.07) is 13.6. The number of para-hydroxylation sites is 1. The molecule has 170 valence electrons. The summed E-state index contributed by atoms with van der Waals surface area (Å²) < 4.78 is 38.6. The molecule has 0 bridgehead atoms. The average Bonchev–Trinajstić information content (AvgIpc) is 2.82. The van der Waals surface area contributed by atoms with E-state index >= 15 is 0 Å². The lowest BCUT2D eigenvalue weighted by Gasteiger charge is -2.26. The molecule has 1 amide bonds. The van der Waals surface area contributed by atoms with Crippen molar-refractivity contribution in [2.24, 2.45) is 0 Å². The summed E-state index contributed by atoms with van der Waals surface area (Å²) in [5.41, 5.74) is 1.87.